The lowest BCUT2D eigenvalue weighted by molar-refractivity contribution is 0.167. The Bertz CT molecular complexity index is 366. The van der Waals surface area contributed by atoms with Crippen LogP contribution in [0.25, 0.3) is 0 Å². The molecule has 0 saturated carbocycles. The number of hydrogen-bond acceptors (Lipinski definition) is 3. The predicted molar refractivity (Wildman–Crippen MR) is 70.0 cm³/mol. The highest BCUT2D eigenvalue weighted by molar-refractivity contribution is 6.33. The average Bonchev–Trinajstić information content (AvgIpc) is 2.23. The third-order valence-electron chi connectivity index (χ3n) is 1.96. The van der Waals surface area contributed by atoms with Gasteiger partial charge in [-0.2, -0.15) is 0 Å². The zero-order chi connectivity index (χ0) is 12.0. The number of para-hydroxylation sites is 1. The summed E-state index contributed by atoms with van der Waals surface area (Å²) in [6.45, 7) is 7.58. The Morgan fingerprint density at radius 2 is 2.31 bits per heavy atom. The predicted octanol–water partition coefficient (Wildman–Crippen LogP) is 2.93. The monoisotopic (exact) mass is 240 g/mol. The van der Waals surface area contributed by atoms with Crippen molar-refractivity contribution in [3.8, 4) is 0 Å². The van der Waals surface area contributed by atoms with Gasteiger partial charge in [-0.25, -0.2) is 0 Å². The first-order valence-corrected chi connectivity index (χ1v) is 5.49. The SMILES string of the molecule is C=C(C)COCCNc1cccc(Cl)c1N. The van der Waals surface area contributed by atoms with Crippen LogP contribution in [-0.4, -0.2) is 19.8 Å². The number of nitrogens with one attached hydrogen (secondary N) is 1. The summed E-state index contributed by atoms with van der Waals surface area (Å²) in [5.74, 6) is 0. The zero-order valence-corrected chi connectivity index (χ0v) is 10.2. The van der Waals surface area contributed by atoms with Gasteiger partial charge in [-0.15, -0.1) is 0 Å². The molecule has 0 aliphatic rings. The molecule has 0 heterocycles. The first-order valence-electron chi connectivity index (χ1n) is 5.11. The van der Waals surface area contributed by atoms with E-state index < -0.39 is 0 Å². The van der Waals surface area contributed by atoms with E-state index in [1.807, 2.05) is 19.1 Å². The van der Waals surface area contributed by atoms with E-state index >= 15 is 0 Å². The topological polar surface area (TPSA) is 47.3 Å². The van der Waals surface area contributed by atoms with Crippen LogP contribution in [-0.2, 0) is 4.74 Å². The molecule has 88 valence electrons. The molecular weight excluding hydrogens is 224 g/mol. The van der Waals surface area contributed by atoms with Crippen LogP contribution < -0.4 is 11.1 Å². The number of halogens is 1. The van der Waals surface area contributed by atoms with Crippen LogP contribution in [0.1, 0.15) is 6.92 Å². The van der Waals surface area contributed by atoms with Crippen molar-refractivity contribution in [3.05, 3.63) is 35.4 Å². The van der Waals surface area contributed by atoms with Crippen molar-refractivity contribution in [2.75, 3.05) is 30.8 Å². The summed E-state index contributed by atoms with van der Waals surface area (Å²) < 4.78 is 5.35. The van der Waals surface area contributed by atoms with Crippen molar-refractivity contribution < 1.29 is 4.74 Å². The molecule has 3 nitrogen and oxygen atoms in total. The Balaban J connectivity index is 2.32. The Morgan fingerprint density at radius 1 is 1.56 bits per heavy atom. The Labute approximate surface area is 101 Å². The molecule has 16 heavy (non-hydrogen) atoms. The normalized spacial score (nSPS) is 10.1. The number of benzene rings is 1. The Morgan fingerprint density at radius 3 is 3.00 bits per heavy atom. The minimum absolute atomic E-state index is 0.563. The fraction of sp³-hybridized carbons (Fsp3) is 0.333. The van der Waals surface area contributed by atoms with Gasteiger partial charge in [-0.3, -0.25) is 0 Å². The quantitative estimate of drug-likeness (QED) is 0.457. The van der Waals surface area contributed by atoms with Crippen molar-refractivity contribution in [1.82, 2.24) is 0 Å². The second-order valence-corrected chi connectivity index (χ2v) is 4.04. The maximum atomic E-state index is 5.89. The zero-order valence-electron chi connectivity index (χ0n) is 9.42. The molecule has 0 fully saturated rings. The maximum Gasteiger partial charge on any atom is 0.0739 e. The van der Waals surface area contributed by atoms with E-state index in [0.29, 0.717) is 30.5 Å². The summed E-state index contributed by atoms with van der Waals surface area (Å²) in [6, 6.07) is 5.51. The van der Waals surface area contributed by atoms with Gasteiger partial charge in [0.1, 0.15) is 0 Å². The Hall–Kier alpha value is -1.19. The third-order valence-corrected chi connectivity index (χ3v) is 2.29. The first-order chi connectivity index (χ1) is 7.61. The van der Waals surface area contributed by atoms with Crippen molar-refractivity contribution >= 4 is 23.0 Å². The van der Waals surface area contributed by atoms with E-state index in [1.165, 1.54) is 0 Å². The number of nitrogens with two attached hydrogens (primary N) is 1. The molecule has 0 saturated heterocycles. The number of ether oxygens (including phenoxy) is 1. The largest absolute Gasteiger partial charge is 0.396 e. The number of anilines is 2. The summed E-state index contributed by atoms with van der Waals surface area (Å²) >= 11 is 5.89. The van der Waals surface area contributed by atoms with Gasteiger partial charge in [0.15, 0.2) is 0 Å². The third kappa shape index (κ3) is 4.13. The van der Waals surface area contributed by atoms with E-state index in [-0.39, 0.29) is 0 Å². The lowest BCUT2D eigenvalue weighted by Gasteiger charge is -2.10. The lowest BCUT2D eigenvalue weighted by atomic mass is 10.2. The van der Waals surface area contributed by atoms with Gasteiger partial charge in [0.2, 0.25) is 0 Å². The molecule has 0 atom stereocenters. The molecule has 1 aromatic carbocycles. The number of nitrogen functional groups attached to an aromatic ring is 1. The van der Waals surface area contributed by atoms with E-state index in [1.54, 1.807) is 6.07 Å². The summed E-state index contributed by atoms with van der Waals surface area (Å²) in [5.41, 5.74) is 8.22. The minimum atomic E-state index is 0.563. The molecular formula is C12H17ClN2O. The van der Waals surface area contributed by atoms with Crippen molar-refractivity contribution in [2.24, 2.45) is 0 Å². The van der Waals surface area contributed by atoms with Crippen LogP contribution in [0.4, 0.5) is 11.4 Å². The molecule has 3 N–H and O–H groups in total. The van der Waals surface area contributed by atoms with Crippen molar-refractivity contribution in [1.29, 1.82) is 0 Å². The number of rotatable bonds is 6. The van der Waals surface area contributed by atoms with Gasteiger partial charge in [-0.05, 0) is 19.1 Å². The molecule has 0 aliphatic carbocycles. The van der Waals surface area contributed by atoms with Crippen LogP contribution in [0, 0.1) is 0 Å². The second kappa shape index (κ2) is 6.40. The number of hydrogen-bond donors (Lipinski definition) is 2. The van der Waals surface area contributed by atoms with E-state index in [2.05, 4.69) is 11.9 Å². The van der Waals surface area contributed by atoms with E-state index in [4.69, 9.17) is 22.1 Å². The van der Waals surface area contributed by atoms with Crippen LogP contribution >= 0.6 is 11.6 Å². The van der Waals surface area contributed by atoms with Crippen LogP contribution in [0.3, 0.4) is 0 Å². The van der Waals surface area contributed by atoms with Crippen LogP contribution in [0.2, 0.25) is 5.02 Å². The standard InChI is InChI=1S/C12H17ClN2O/c1-9(2)8-16-7-6-15-11-5-3-4-10(13)12(11)14/h3-5,15H,1,6-8,14H2,2H3. The summed E-state index contributed by atoms with van der Waals surface area (Å²) in [5, 5.41) is 3.73. The van der Waals surface area contributed by atoms with Crippen molar-refractivity contribution in [3.63, 3.8) is 0 Å². The molecule has 0 bridgehead atoms. The van der Waals surface area contributed by atoms with Crippen LogP contribution in [0.5, 0.6) is 0 Å². The summed E-state index contributed by atoms with van der Waals surface area (Å²) in [7, 11) is 0. The van der Waals surface area contributed by atoms with Gasteiger partial charge < -0.3 is 15.8 Å². The molecule has 4 heteroatoms. The van der Waals surface area contributed by atoms with Gasteiger partial charge in [0.25, 0.3) is 0 Å². The van der Waals surface area contributed by atoms with E-state index in [9.17, 15) is 0 Å². The van der Waals surface area contributed by atoms with Gasteiger partial charge in [0.05, 0.1) is 29.6 Å². The lowest BCUT2D eigenvalue weighted by Crippen LogP contribution is -2.11. The molecule has 0 radical (unpaired) electrons. The first kappa shape index (κ1) is 12.9. The van der Waals surface area contributed by atoms with Gasteiger partial charge in [-0.1, -0.05) is 29.8 Å². The summed E-state index contributed by atoms with van der Waals surface area (Å²) in [6.07, 6.45) is 0. The smallest absolute Gasteiger partial charge is 0.0739 e. The highest BCUT2D eigenvalue weighted by Gasteiger charge is 2.01. The van der Waals surface area contributed by atoms with Gasteiger partial charge in [0, 0.05) is 6.54 Å². The van der Waals surface area contributed by atoms with Crippen molar-refractivity contribution in [2.45, 2.75) is 6.92 Å². The highest BCUT2D eigenvalue weighted by Crippen LogP contribution is 2.26. The van der Waals surface area contributed by atoms with Gasteiger partial charge >= 0.3 is 0 Å². The molecule has 1 rings (SSSR count). The molecule has 0 aliphatic heterocycles. The van der Waals surface area contributed by atoms with Crippen LogP contribution in [0.15, 0.2) is 30.4 Å². The molecule has 0 aromatic heterocycles. The fourth-order valence-electron chi connectivity index (χ4n) is 1.20. The average molecular weight is 241 g/mol. The Kier molecular flexibility index (Phi) is 5.15. The fourth-order valence-corrected chi connectivity index (χ4v) is 1.37. The van der Waals surface area contributed by atoms with E-state index in [0.717, 1.165) is 11.3 Å². The second-order valence-electron chi connectivity index (χ2n) is 3.64. The molecule has 0 amide bonds. The molecule has 1 aromatic rings. The highest BCUT2D eigenvalue weighted by atomic mass is 35.5. The molecule has 0 unspecified atom stereocenters. The maximum absolute atomic E-state index is 5.89. The summed E-state index contributed by atoms with van der Waals surface area (Å²) in [4.78, 5) is 0. The molecule has 0 spiro atoms. The minimum Gasteiger partial charge on any atom is -0.396 e.